The molecule has 2 heteroatoms. The average molecular weight is 255 g/mol. The van der Waals surface area contributed by atoms with Crippen molar-refractivity contribution in [2.24, 2.45) is 5.73 Å². The zero-order valence-electron chi connectivity index (χ0n) is 12.0. The van der Waals surface area contributed by atoms with Gasteiger partial charge in [-0.1, -0.05) is 35.9 Å². The number of methoxy groups -OCH3 is 1. The van der Waals surface area contributed by atoms with E-state index in [4.69, 9.17) is 10.5 Å². The Morgan fingerprint density at radius 3 is 2.47 bits per heavy atom. The molecule has 0 aliphatic rings. The van der Waals surface area contributed by atoms with Crippen LogP contribution < -0.4 is 10.5 Å². The highest BCUT2D eigenvalue weighted by Gasteiger charge is 2.25. The van der Waals surface area contributed by atoms with E-state index in [0.29, 0.717) is 0 Å². The van der Waals surface area contributed by atoms with Crippen LogP contribution >= 0.6 is 0 Å². The Bertz CT molecular complexity index is 588. The van der Waals surface area contributed by atoms with Gasteiger partial charge in [0.25, 0.3) is 0 Å². The van der Waals surface area contributed by atoms with E-state index >= 15 is 0 Å². The lowest BCUT2D eigenvalue weighted by molar-refractivity contribution is 0.413. The standard InChI is InChI=1S/C17H21NO/c1-12-8-9-13(2)16(10-12)17(3,18)14-6-5-7-15(11-14)19-4/h5-11H,18H2,1-4H3. The number of rotatable bonds is 3. The van der Waals surface area contributed by atoms with Gasteiger partial charge in [-0.05, 0) is 49.6 Å². The number of nitrogens with two attached hydrogens (primary N) is 1. The first-order valence-electron chi connectivity index (χ1n) is 6.46. The lowest BCUT2D eigenvalue weighted by Gasteiger charge is -2.28. The summed E-state index contributed by atoms with van der Waals surface area (Å²) < 4.78 is 5.28. The maximum atomic E-state index is 6.60. The molecule has 0 saturated carbocycles. The normalized spacial score (nSPS) is 13.9. The van der Waals surface area contributed by atoms with E-state index in [9.17, 15) is 0 Å². The molecule has 2 rings (SSSR count). The van der Waals surface area contributed by atoms with Crippen molar-refractivity contribution < 1.29 is 4.74 Å². The Morgan fingerprint density at radius 2 is 1.79 bits per heavy atom. The summed E-state index contributed by atoms with van der Waals surface area (Å²) in [6.45, 7) is 6.23. The molecule has 100 valence electrons. The summed E-state index contributed by atoms with van der Waals surface area (Å²) >= 11 is 0. The van der Waals surface area contributed by atoms with Gasteiger partial charge in [0.15, 0.2) is 0 Å². The smallest absolute Gasteiger partial charge is 0.119 e. The van der Waals surface area contributed by atoms with Crippen molar-refractivity contribution in [3.63, 3.8) is 0 Å². The Labute approximate surface area is 115 Å². The number of aryl methyl sites for hydroxylation is 2. The molecular formula is C17H21NO. The van der Waals surface area contributed by atoms with Gasteiger partial charge in [0.1, 0.15) is 5.75 Å². The molecule has 2 N–H and O–H groups in total. The molecule has 0 spiro atoms. The van der Waals surface area contributed by atoms with Crippen LogP contribution in [0.1, 0.15) is 29.2 Å². The third kappa shape index (κ3) is 2.64. The Balaban J connectivity index is 2.54. The topological polar surface area (TPSA) is 35.2 Å². The largest absolute Gasteiger partial charge is 0.497 e. The first-order valence-corrected chi connectivity index (χ1v) is 6.46. The van der Waals surface area contributed by atoms with Crippen molar-refractivity contribution in [2.45, 2.75) is 26.3 Å². The van der Waals surface area contributed by atoms with Crippen LogP contribution in [0, 0.1) is 13.8 Å². The van der Waals surface area contributed by atoms with Crippen LogP contribution in [0.25, 0.3) is 0 Å². The molecule has 0 bridgehead atoms. The second-order valence-corrected chi connectivity index (χ2v) is 5.25. The molecule has 0 radical (unpaired) electrons. The van der Waals surface area contributed by atoms with Gasteiger partial charge in [-0.3, -0.25) is 0 Å². The number of hydrogen-bond acceptors (Lipinski definition) is 2. The van der Waals surface area contributed by atoms with E-state index in [1.807, 2.05) is 31.2 Å². The zero-order chi connectivity index (χ0) is 14.0. The SMILES string of the molecule is COc1cccc(C(C)(N)c2cc(C)ccc2C)c1. The van der Waals surface area contributed by atoms with Gasteiger partial charge in [-0.25, -0.2) is 0 Å². The Kier molecular flexibility index (Phi) is 3.63. The van der Waals surface area contributed by atoms with E-state index in [1.165, 1.54) is 11.1 Å². The molecule has 2 aromatic rings. The monoisotopic (exact) mass is 255 g/mol. The summed E-state index contributed by atoms with van der Waals surface area (Å²) in [5, 5.41) is 0. The molecule has 0 heterocycles. The molecule has 1 atom stereocenters. The van der Waals surface area contributed by atoms with Gasteiger partial charge < -0.3 is 10.5 Å². The highest BCUT2D eigenvalue weighted by molar-refractivity contribution is 5.45. The molecule has 0 aliphatic carbocycles. The fraction of sp³-hybridized carbons (Fsp3) is 0.294. The van der Waals surface area contributed by atoms with Crippen molar-refractivity contribution >= 4 is 0 Å². The molecule has 0 amide bonds. The van der Waals surface area contributed by atoms with Crippen LogP contribution in [-0.4, -0.2) is 7.11 Å². The lowest BCUT2D eigenvalue weighted by Crippen LogP contribution is -2.35. The molecule has 2 aromatic carbocycles. The fourth-order valence-electron chi connectivity index (χ4n) is 2.40. The fourth-order valence-corrected chi connectivity index (χ4v) is 2.40. The van der Waals surface area contributed by atoms with Gasteiger partial charge in [0, 0.05) is 0 Å². The number of hydrogen-bond donors (Lipinski definition) is 1. The molecule has 19 heavy (non-hydrogen) atoms. The molecule has 0 aromatic heterocycles. The van der Waals surface area contributed by atoms with Crippen LogP contribution in [0.4, 0.5) is 0 Å². The lowest BCUT2D eigenvalue weighted by atomic mass is 9.82. The molecule has 0 fully saturated rings. The number of benzene rings is 2. The predicted octanol–water partition coefficient (Wildman–Crippen LogP) is 3.53. The Hall–Kier alpha value is -1.80. The maximum absolute atomic E-state index is 6.60. The minimum Gasteiger partial charge on any atom is -0.497 e. The van der Waals surface area contributed by atoms with Crippen molar-refractivity contribution in [1.29, 1.82) is 0 Å². The zero-order valence-corrected chi connectivity index (χ0v) is 12.0. The summed E-state index contributed by atoms with van der Waals surface area (Å²) in [4.78, 5) is 0. The first kappa shape index (κ1) is 13.6. The molecule has 0 saturated heterocycles. The van der Waals surface area contributed by atoms with Gasteiger partial charge in [-0.15, -0.1) is 0 Å². The molecule has 1 unspecified atom stereocenters. The van der Waals surface area contributed by atoms with Crippen molar-refractivity contribution in [3.05, 3.63) is 64.7 Å². The van der Waals surface area contributed by atoms with Crippen LogP contribution in [0.3, 0.4) is 0 Å². The first-order chi connectivity index (χ1) is 8.95. The minimum atomic E-state index is -0.523. The van der Waals surface area contributed by atoms with Gasteiger partial charge in [0.2, 0.25) is 0 Å². The second kappa shape index (κ2) is 5.06. The highest BCUT2D eigenvalue weighted by Crippen LogP contribution is 2.31. The van der Waals surface area contributed by atoms with E-state index < -0.39 is 5.54 Å². The quantitative estimate of drug-likeness (QED) is 0.910. The third-order valence-electron chi connectivity index (χ3n) is 3.62. The van der Waals surface area contributed by atoms with Gasteiger partial charge in [-0.2, -0.15) is 0 Å². The molecule has 2 nitrogen and oxygen atoms in total. The van der Waals surface area contributed by atoms with E-state index in [-0.39, 0.29) is 0 Å². The van der Waals surface area contributed by atoms with Crippen molar-refractivity contribution in [1.82, 2.24) is 0 Å². The van der Waals surface area contributed by atoms with Crippen LogP contribution in [0.15, 0.2) is 42.5 Å². The average Bonchev–Trinajstić information content (AvgIpc) is 2.41. The number of ether oxygens (including phenoxy) is 1. The van der Waals surface area contributed by atoms with Crippen LogP contribution in [0.5, 0.6) is 5.75 Å². The summed E-state index contributed by atoms with van der Waals surface area (Å²) in [6.07, 6.45) is 0. The van der Waals surface area contributed by atoms with Crippen LogP contribution in [-0.2, 0) is 5.54 Å². The maximum Gasteiger partial charge on any atom is 0.119 e. The molecular weight excluding hydrogens is 234 g/mol. The van der Waals surface area contributed by atoms with E-state index in [0.717, 1.165) is 16.9 Å². The minimum absolute atomic E-state index is 0.523. The third-order valence-corrected chi connectivity index (χ3v) is 3.62. The van der Waals surface area contributed by atoms with Gasteiger partial charge >= 0.3 is 0 Å². The predicted molar refractivity (Wildman–Crippen MR) is 79.6 cm³/mol. The van der Waals surface area contributed by atoms with Crippen molar-refractivity contribution in [3.8, 4) is 5.75 Å². The van der Waals surface area contributed by atoms with Crippen LogP contribution in [0.2, 0.25) is 0 Å². The summed E-state index contributed by atoms with van der Waals surface area (Å²) in [5.74, 6) is 0.833. The molecule has 0 aliphatic heterocycles. The van der Waals surface area contributed by atoms with Gasteiger partial charge in [0.05, 0.1) is 12.6 Å². The highest BCUT2D eigenvalue weighted by atomic mass is 16.5. The van der Waals surface area contributed by atoms with Crippen molar-refractivity contribution in [2.75, 3.05) is 7.11 Å². The summed E-state index contributed by atoms with van der Waals surface area (Å²) in [7, 11) is 1.67. The van der Waals surface area contributed by atoms with E-state index in [2.05, 4.69) is 32.0 Å². The summed E-state index contributed by atoms with van der Waals surface area (Å²) in [6, 6.07) is 14.4. The summed E-state index contributed by atoms with van der Waals surface area (Å²) in [5.41, 5.74) is 10.7. The second-order valence-electron chi connectivity index (χ2n) is 5.25. The van der Waals surface area contributed by atoms with E-state index in [1.54, 1.807) is 7.11 Å². The Morgan fingerprint density at radius 1 is 1.05 bits per heavy atom.